The molecule has 40 heavy (non-hydrogen) atoms. The quantitative estimate of drug-likeness (QED) is 0.286. The third-order valence-corrected chi connectivity index (χ3v) is 10.5. The van der Waals surface area contributed by atoms with Crippen molar-refractivity contribution in [2.45, 2.75) is 31.8 Å². The van der Waals surface area contributed by atoms with E-state index in [-0.39, 0.29) is 23.2 Å². The SMILES string of the molecule is O=C(O)CC1CCN(Cc2cc(Oc3ccc(N4C[C@@H]5C[SH](CN5)C4)nc3)nc(-c3cc(Cl)cc(Cl)c3)c2)CC1. The van der Waals surface area contributed by atoms with Crippen molar-refractivity contribution in [2.24, 2.45) is 5.92 Å². The Bertz CT molecular complexity index is 1340. The third-order valence-electron chi connectivity index (χ3n) is 7.76. The number of likely N-dealkylation sites (tertiary alicyclic amines) is 1. The predicted molar refractivity (Wildman–Crippen MR) is 162 cm³/mol. The van der Waals surface area contributed by atoms with Gasteiger partial charge in [0.05, 0.1) is 11.9 Å². The molecule has 5 heterocycles. The second-order valence-corrected chi connectivity index (χ2v) is 14.1. The minimum absolute atomic E-state index is 0.0301. The summed E-state index contributed by atoms with van der Waals surface area (Å²) >= 11 is 12.6. The number of carbonyl (C=O) groups is 1. The lowest BCUT2D eigenvalue weighted by atomic mass is 9.93. The van der Waals surface area contributed by atoms with Crippen LogP contribution in [0.3, 0.4) is 0 Å². The average molecular weight is 603 g/mol. The van der Waals surface area contributed by atoms with Crippen LogP contribution in [0, 0.1) is 5.92 Å². The van der Waals surface area contributed by atoms with Crippen molar-refractivity contribution in [1.29, 1.82) is 0 Å². The van der Waals surface area contributed by atoms with Gasteiger partial charge in [0.2, 0.25) is 5.88 Å². The van der Waals surface area contributed by atoms with E-state index in [0.717, 1.165) is 66.9 Å². The molecule has 2 atom stereocenters. The van der Waals surface area contributed by atoms with Crippen molar-refractivity contribution in [3.8, 4) is 22.9 Å². The number of thiol groups is 1. The summed E-state index contributed by atoms with van der Waals surface area (Å²) in [5.41, 5.74) is 2.59. The molecule has 0 radical (unpaired) electrons. The molecule has 3 fully saturated rings. The molecule has 2 N–H and O–H groups in total. The van der Waals surface area contributed by atoms with Crippen molar-refractivity contribution in [1.82, 2.24) is 20.2 Å². The molecule has 2 bridgehead atoms. The molecule has 0 spiro atoms. The molecule has 212 valence electrons. The summed E-state index contributed by atoms with van der Waals surface area (Å²) in [6, 6.07) is 14.0. The number of halogens is 2. The number of anilines is 1. The molecule has 3 aliphatic heterocycles. The summed E-state index contributed by atoms with van der Waals surface area (Å²) in [7, 11) is 0.0301. The molecule has 6 rings (SSSR count). The van der Waals surface area contributed by atoms with Crippen molar-refractivity contribution in [3.63, 3.8) is 0 Å². The largest absolute Gasteiger partial charge is 0.481 e. The van der Waals surface area contributed by atoms with E-state index in [1.165, 1.54) is 5.75 Å². The fourth-order valence-corrected chi connectivity index (χ4v) is 8.81. The van der Waals surface area contributed by atoms with Gasteiger partial charge in [-0.3, -0.25) is 9.69 Å². The number of hydrogen-bond donors (Lipinski definition) is 3. The van der Waals surface area contributed by atoms with Crippen LogP contribution < -0.4 is 15.0 Å². The van der Waals surface area contributed by atoms with E-state index in [2.05, 4.69) is 15.1 Å². The Kier molecular flexibility index (Phi) is 8.37. The number of pyridine rings is 2. The summed E-state index contributed by atoms with van der Waals surface area (Å²) in [6.45, 7) is 3.42. The number of fused-ring (bicyclic) bond motifs is 2. The molecular formula is C29H33Cl2N5O3S. The molecular weight excluding hydrogens is 569 g/mol. The van der Waals surface area contributed by atoms with Crippen LogP contribution in [-0.4, -0.2) is 69.1 Å². The number of nitrogens with zero attached hydrogens (tertiary/aromatic N) is 4. The smallest absolute Gasteiger partial charge is 0.303 e. The normalized spacial score (nSPS) is 22.4. The van der Waals surface area contributed by atoms with Crippen LogP contribution in [-0.2, 0) is 11.3 Å². The minimum atomic E-state index is -0.720. The van der Waals surface area contributed by atoms with E-state index < -0.39 is 5.97 Å². The summed E-state index contributed by atoms with van der Waals surface area (Å²) in [5, 5.41) is 13.8. The standard InChI is InChI=1S/C29H33Cl2N5O3S/c30-22-10-21(11-23(31)12-22)26-7-20(14-35-5-3-19(4-6-35)9-29(37)38)8-28(34-26)39-25-1-2-27(32-13-25)36-15-24-16-40(18-36)17-33-24/h1-2,7-8,10-13,19,24,33,40H,3-6,9,14-18H2,(H,37,38)/t24-/m1/s1. The summed E-state index contributed by atoms with van der Waals surface area (Å²) in [4.78, 5) is 25.3. The number of aliphatic carboxylic acids is 1. The fraction of sp³-hybridized carbons (Fsp3) is 0.414. The van der Waals surface area contributed by atoms with E-state index in [9.17, 15) is 4.79 Å². The lowest BCUT2D eigenvalue weighted by Crippen LogP contribution is -2.41. The second-order valence-electron chi connectivity index (χ2n) is 10.9. The van der Waals surface area contributed by atoms with Crippen LogP contribution in [0.1, 0.15) is 24.8 Å². The first-order valence-corrected chi connectivity index (χ1v) is 16.3. The Hall–Kier alpha value is -2.56. The number of hydrogen-bond acceptors (Lipinski definition) is 7. The second kappa shape index (κ2) is 12.1. The van der Waals surface area contributed by atoms with Gasteiger partial charge in [0.15, 0.2) is 0 Å². The van der Waals surface area contributed by atoms with Crippen molar-refractivity contribution in [2.75, 3.05) is 42.0 Å². The lowest BCUT2D eigenvalue weighted by Gasteiger charge is -2.33. The van der Waals surface area contributed by atoms with Gasteiger partial charge in [-0.15, -0.1) is 0 Å². The molecule has 2 aromatic heterocycles. The summed E-state index contributed by atoms with van der Waals surface area (Å²) in [5.74, 6) is 5.16. The molecule has 3 aliphatic rings. The van der Waals surface area contributed by atoms with Crippen LogP contribution >= 0.6 is 34.1 Å². The lowest BCUT2D eigenvalue weighted by molar-refractivity contribution is -0.138. The Labute approximate surface area is 247 Å². The predicted octanol–water partition coefficient (Wildman–Crippen LogP) is 5.64. The van der Waals surface area contributed by atoms with Gasteiger partial charge in [-0.25, -0.2) is 20.9 Å². The van der Waals surface area contributed by atoms with Crippen molar-refractivity contribution >= 4 is 45.9 Å². The van der Waals surface area contributed by atoms with Gasteiger partial charge in [-0.05, 0) is 79.6 Å². The molecule has 11 heteroatoms. The molecule has 0 amide bonds. The number of benzene rings is 1. The van der Waals surface area contributed by atoms with Gasteiger partial charge in [-0.2, -0.15) is 0 Å². The van der Waals surface area contributed by atoms with E-state index in [1.807, 2.05) is 36.4 Å². The maximum absolute atomic E-state index is 11.1. The van der Waals surface area contributed by atoms with Crippen molar-refractivity contribution < 1.29 is 14.6 Å². The third kappa shape index (κ3) is 6.83. The van der Waals surface area contributed by atoms with Gasteiger partial charge < -0.3 is 20.1 Å². The Morgan fingerprint density at radius 2 is 1.93 bits per heavy atom. The maximum Gasteiger partial charge on any atom is 0.303 e. The van der Waals surface area contributed by atoms with Crippen LogP contribution in [0.15, 0.2) is 48.7 Å². The van der Waals surface area contributed by atoms with Crippen LogP contribution in [0.5, 0.6) is 11.6 Å². The molecule has 1 unspecified atom stereocenters. The van der Waals surface area contributed by atoms with Gasteiger partial charge >= 0.3 is 5.97 Å². The monoisotopic (exact) mass is 601 g/mol. The summed E-state index contributed by atoms with van der Waals surface area (Å²) < 4.78 is 6.24. The first kappa shape index (κ1) is 27.6. The molecule has 0 saturated carbocycles. The zero-order chi connectivity index (χ0) is 27.6. The first-order valence-electron chi connectivity index (χ1n) is 13.6. The highest BCUT2D eigenvalue weighted by Crippen LogP contribution is 2.37. The zero-order valence-corrected chi connectivity index (χ0v) is 24.5. The molecule has 0 aliphatic carbocycles. The number of piperidine rings is 1. The number of aromatic nitrogens is 2. The topological polar surface area (TPSA) is 90.8 Å². The maximum atomic E-state index is 11.1. The Morgan fingerprint density at radius 3 is 2.62 bits per heavy atom. The highest BCUT2D eigenvalue weighted by molar-refractivity contribution is 8.17. The van der Waals surface area contributed by atoms with Crippen LogP contribution in [0.25, 0.3) is 11.3 Å². The van der Waals surface area contributed by atoms with Crippen molar-refractivity contribution in [3.05, 3.63) is 64.3 Å². The van der Waals surface area contributed by atoms with E-state index in [4.69, 9.17) is 43.0 Å². The zero-order valence-electron chi connectivity index (χ0n) is 22.1. The number of carboxylic acids is 1. The molecule has 3 aromatic rings. The Balaban J connectivity index is 1.21. The summed E-state index contributed by atoms with van der Waals surface area (Å²) in [6.07, 6.45) is 3.77. The number of rotatable bonds is 8. The minimum Gasteiger partial charge on any atom is -0.481 e. The highest BCUT2D eigenvalue weighted by atomic mass is 35.5. The number of carboxylic acid groups (broad SMARTS) is 1. The molecule has 8 nitrogen and oxygen atoms in total. The average Bonchev–Trinajstić information content (AvgIpc) is 3.26. The first-order chi connectivity index (χ1) is 19.4. The van der Waals surface area contributed by atoms with Gasteiger partial charge in [0.25, 0.3) is 0 Å². The van der Waals surface area contributed by atoms with E-state index in [0.29, 0.717) is 34.3 Å². The van der Waals surface area contributed by atoms with Crippen LogP contribution in [0.4, 0.5) is 5.82 Å². The van der Waals surface area contributed by atoms with Gasteiger partial charge in [0, 0.05) is 59.0 Å². The number of nitrogens with one attached hydrogen (secondary N) is 1. The number of ether oxygens (including phenoxy) is 1. The highest BCUT2D eigenvalue weighted by Gasteiger charge is 2.30. The molecule has 1 aromatic carbocycles. The molecule has 3 saturated heterocycles. The van der Waals surface area contributed by atoms with E-state index in [1.54, 1.807) is 12.3 Å². The van der Waals surface area contributed by atoms with Gasteiger partial charge in [0.1, 0.15) is 11.6 Å². The van der Waals surface area contributed by atoms with E-state index >= 15 is 0 Å². The van der Waals surface area contributed by atoms with Gasteiger partial charge in [-0.1, -0.05) is 23.2 Å². The fourth-order valence-electron chi connectivity index (χ4n) is 5.81. The Morgan fingerprint density at radius 1 is 1.12 bits per heavy atom. The van der Waals surface area contributed by atoms with Crippen LogP contribution in [0.2, 0.25) is 10.0 Å².